The maximum atomic E-state index is 14.1. The maximum absolute atomic E-state index is 14.1. The number of nitrogens with zero attached hydrogens (tertiary/aromatic N) is 2. The van der Waals surface area contributed by atoms with Gasteiger partial charge in [0.2, 0.25) is 0 Å². The summed E-state index contributed by atoms with van der Waals surface area (Å²) in [6.07, 6.45) is -0.999. The van der Waals surface area contributed by atoms with E-state index in [1.54, 1.807) is 30.8 Å². The van der Waals surface area contributed by atoms with Crippen LogP contribution in [0.4, 0.5) is 13.2 Å². The van der Waals surface area contributed by atoms with Crippen LogP contribution in [-0.2, 0) is 15.7 Å². The minimum Gasteiger partial charge on any atom is -0.463 e. The number of thioether (sulfide) groups is 1. The predicted molar refractivity (Wildman–Crippen MR) is 168 cm³/mol. The molecule has 228 valence electrons. The number of thiazole rings is 1. The first kappa shape index (κ1) is 30.4. The number of ether oxygens (including phenoxy) is 1. The van der Waals surface area contributed by atoms with Gasteiger partial charge >= 0.3 is 12.1 Å². The van der Waals surface area contributed by atoms with Crippen molar-refractivity contribution in [2.75, 3.05) is 12.9 Å². The summed E-state index contributed by atoms with van der Waals surface area (Å²) in [7, 11) is 0. The van der Waals surface area contributed by atoms with Crippen molar-refractivity contribution in [1.29, 1.82) is 0 Å². The zero-order valence-corrected chi connectivity index (χ0v) is 25.6. The lowest BCUT2D eigenvalue weighted by atomic mass is 9.93. The number of fused-ring (bicyclic) bond motifs is 1. The molecule has 0 fully saturated rings. The lowest BCUT2D eigenvalue weighted by molar-refractivity contribution is -0.139. The molecule has 5 aromatic rings. The molecule has 0 saturated carbocycles. The van der Waals surface area contributed by atoms with Crippen molar-refractivity contribution in [3.63, 3.8) is 0 Å². The molecule has 0 radical (unpaired) electrons. The number of esters is 1. The van der Waals surface area contributed by atoms with Crippen LogP contribution in [0, 0.1) is 0 Å². The van der Waals surface area contributed by atoms with Crippen LogP contribution in [0.25, 0.3) is 23.1 Å². The maximum Gasteiger partial charge on any atom is 0.416 e. The van der Waals surface area contributed by atoms with Crippen LogP contribution in [0.2, 0.25) is 0 Å². The van der Waals surface area contributed by atoms with E-state index in [1.165, 1.54) is 22.8 Å². The molecular formula is C34H25F3N2O4S2. The van der Waals surface area contributed by atoms with Crippen LogP contribution < -0.4 is 14.9 Å². The number of carbonyl (C=O) groups is 1. The molecule has 0 saturated heterocycles. The SMILES string of the molecule is CCOC(=O)C1=C(c2ccccc2)N=c2sc(=Cc3ccc(-c4cccc(C(F)(F)F)c4)o3)c(=O)n2C1c1ccc(SC)cc1. The molecule has 0 spiro atoms. The Morgan fingerprint density at radius 2 is 1.76 bits per heavy atom. The van der Waals surface area contributed by atoms with E-state index in [2.05, 4.69) is 0 Å². The minimum absolute atomic E-state index is 0.139. The van der Waals surface area contributed by atoms with Crippen LogP contribution in [0.1, 0.15) is 35.4 Å². The lowest BCUT2D eigenvalue weighted by Crippen LogP contribution is -2.40. The number of alkyl halides is 3. The van der Waals surface area contributed by atoms with E-state index < -0.39 is 29.3 Å². The van der Waals surface area contributed by atoms with E-state index in [-0.39, 0.29) is 33.8 Å². The molecule has 2 aromatic heterocycles. The summed E-state index contributed by atoms with van der Waals surface area (Å²) in [6.45, 7) is 1.86. The van der Waals surface area contributed by atoms with Gasteiger partial charge in [-0.1, -0.05) is 65.9 Å². The van der Waals surface area contributed by atoms with Crippen molar-refractivity contribution in [2.45, 2.75) is 24.0 Å². The number of hydrogen-bond donors (Lipinski definition) is 0. The Morgan fingerprint density at radius 3 is 2.44 bits per heavy atom. The molecule has 3 aromatic carbocycles. The van der Waals surface area contributed by atoms with Crippen molar-refractivity contribution in [2.24, 2.45) is 4.99 Å². The Bertz CT molecular complexity index is 2090. The highest BCUT2D eigenvalue weighted by atomic mass is 32.2. The second-order valence-electron chi connectivity index (χ2n) is 9.99. The first-order valence-electron chi connectivity index (χ1n) is 13.9. The van der Waals surface area contributed by atoms with Crippen LogP contribution in [0.3, 0.4) is 0 Å². The normalized spacial score (nSPS) is 15.1. The fourth-order valence-electron chi connectivity index (χ4n) is 5.11. The molecule has 0 N–H and O–H groups in total. The Hall–Kier alpha value is -4.61. The molecule has 1 atom stereocenters. The third-order valence-electron chi connectivity index (χ3n) is 7.18. The summed E-state index contributed by atoms with van der Waals surface area (Å²) < 4.78 is 52.9. The third kappa shape index (κ3) is 6.05. The average Bonchev–Trinajstić information content (AvgIpc) is 3.64. The number of rotatable bonds is 7. The number of carbonyl (C=O) groups excluding carboxylic acids is 1. The number of furan rings is 1. The van der Waals surface area contributed by atoms with Gasteiger partial charge in [-0.2, -0.15) is 13.2 Å². The zero-order chi connectivity index (χ0) is 31.7. The first-order chi connectivity index (χ1) is 21.7. The Labute approximate surface area is 263 Å². The summed E-state index contributed by atoms with van der Waals surface area (Å²) in [5.74, 6) is -0.0747. The summed E-state index contributed by atoms with van der Waals surface area (Å²) >= 11 is 2.70. The smallest absolute Gasteiger partial charge is 0.416 e. The number of hydrogen-bond acceptors (Lipinski definition) is 7. The average molecular weight is 647 g/mol. The fourth-order valence-corrected chi connectivity index (χ4v) is 6.49. The predicted octanol–water partition coefficient (Wildman–Crippen LogP) is 6.94. The molecule has 0 bridgehead atoms. The van der Waals surface area contributed by atoms with Crippen LogP contribution >= 0.6 is 23.1 Å². The van der Waals surface area contributed by atoms with Gasteiger partial charge in [0.15, 0.2) is 4.80 Å². The second-order valence-corrected chi connectivity index (χ2v) is 11.9. The number of halogens is 3. The third-order valence-corrected chi connectivity index (χ3v) is 8.91. The molecule has 45 heavy (non-hydrogen) atoms. The van der Waals surface area contributed by atoms with Crippen molar-refractivity contribution in [3.8, 4) is 11.3 Å². The molecule has 0 amide bonds. The van der Waals surface area contributed by atoms with Crippen molar-refractivity contribution in [3.05, 3.63) is 139 Å². The lowest BCUT2D eigenvalue weighted by Gasteiger charge is -2.26. The molecule has 0 aliphatic carbocycles. The molecule has 6 nitrogen and oxygen atoms in total. The van der Waals surface area contributed by atoms with Gasteiger partial charge in [0.05, 0.1) is 34.0 Å². The van der Waals surface area contributed by atoms with Crippen molar-refractivity contribution >= 4 is 40.8 Å². The Morgan fingerprint density at radius 1 is 1.02 bits per heavy atom. The molecule has 1 unspecified atom stereocenters. The van der Waals surface area contributed by atoms with Gasteiger partial charge in [-0.3, -0.25) is 9.36 Å². The van der Waals surface area contributed by atoms with Crippen molar-refractivity contribution in [1.82, 2.24) is 4.57 Å². The van der Waals surface area contributed by atoms with Gasteiger partial charge in [-0.05, 0) is 55.1 Å². The van der Waals surface area contributed by atoms with Crippen LogP contribution in [0.5, 0.6) is 0 Å². The molecule has 1 aliphatic heterocycles. The van der Waals surface area contributed by atoms with Crippen molar-refractivity contribution < 1.29 is 27.1 Å². The molecule has 3 heterocycles. The molecule has 6 rings (SSSR count). The highest BCUT2D eigenvalue weighted by molar-refractivity contribution is 7.98. The van der Waals surface area contributed by atoms with Gasteiger partial charge in [0, 0.05) is 22.1 Å². The number of benzene rings is 3. The van der Waals surface area contributed by atoms with Crippen LogP contribution in [-0.4, -0.2) is 23.4 Å². The molecule has 1 aliphatic rings. The van der Waals surface area contributed by atoms with E-state index in [0.717, 1.165) is 28.4 Å². The summed E-state index contributed by atoms with van der Waals surface area (Å²) in [4.78, 5) is 33.9. The van der Waals surface area contributed by atoms with Gasteiger partial charge in [-0.15, -0.1) is 11.8 Å². The summed E-state index contributed by atoms with van der Waals surface area (Å²) in [5, 5.41) is 0. The highest BCUT2D eigenvalue weighted by Gasteiger charge is 2.35. The Balaban J connectivity index is 1.52. The monoisotopic (exact) mass is 646 g/mol. The molecule has 11 heteroatoms. The minimum atomic E-state index is -4.49. The van der Waals surface area contributed by atoms with E-state index >= 15 is 0 Å². The number of aromatic nitrogens is 1. The van der Waals surface area contributed by atoms with Crippen LogP contribution in [0.15, 0.2) is 116 Å². The standard InChI is InChI=1S/C34H25F3N2O4S2/c1-3-42-32(41)28-29(20-8-5-4-6-9-20)38-33-39(30(28)21-12-15-25(44-2)16-13-21)31(40)27(45-33)19-24-14-17-26(43-24)22-10-7-11-23(18-22)34(35,36)37/h4-19,30H,3H2,1-2H3. The van der Waals surface area contributed by atoms with Gasteiger partial charge in [-0.25, -0.2) is 9.79 Å². The fraction of sp³-hybridized carbons (Fsp3) is 0.147. The van der Waals surface area contributed by atoms with Gasteiger partial charge in [0.1, 0.15) is 11.5 Å². The Kier molecular flexibility index (Phi) is 8.39. The van der Waals surface area contributed by atoms with E-state index in [0.29, 0.717) is 21.6 Å². The highest BCUT2D eigenvalue weighted by Crippen LogP contribution is 2.36. The van der Waals surface area contributed by atoms with Gasteiger partial charge < -0.3 is 9.15 Å². The first-order valence-corrected chi connectivity index (χ1v) is 15.9. The quantitative estimate of drug-likeness (QED) is 0.142. The van der Waals surface area contributed by atoms with Gasteiger partial charge in [0.25, 0.3) is 5.56 Å². The van der Waals surface area contributed by atoms with E-state index in [9.17, 15) is 22.8 Å². The van der Waals surface area contributed by atoms with E-state index in [1.807, 2.05) is 60.9 Å². The zero-order valence-electron chi connectivity index (χ0n) is 24.0. The summed E-state index contributed by atoms with van der Waals surface area (Å²) in [5.41, 5.74) is 1.12. The van der Waals surface area contributed by atoms with E-state index in [4.69, 9.17) is 14.1 Å². The largest absolute Gasteiger partial charge is 0.463 e. The second kappa shape index (κ2) is 12.4. The molecular weight excluding hydrogens is 622 g/mol. The summed E-state index contributed by atoms with van der Waals surface area (Å²) in [6, 6.07) is 24.0. The topological polar surface area (TPSA) is 73.8 Å².